The van der Waals surface area contributed by atoms with Crippen LogP contribution in [0, 0.1) is 0 Å². The molecule has 8 heteroatoms. The maximum absolute atomic E-state index is 12.5. The number of aromatic hydroxyl groups is 1. The van der Waals surface area contributed by atoms with Crippen LogP contribution in [-0.4, -0.2) is 39.4 Å². The van der Waals surface area contributed by atoms with Crippen molar-refractivity contribution in [1.29, 1.82) is 0 Å². The average Bonchev–Trinajstić information content (AvgIpc) is 3.48. The minimum absolute atomic E-state index is 0.120. The molecule has 2 aromatic rings. The van der Waals surface area contributed by atoms with Crippen molar-refractivity contribution in [1.82, 2.24) is 0 Å². The Morgan fingerprint density at radius 2 is 1.79 bits per heavy atom. The first kappa shape index (κ1) is 15.3. The second kappa shape index (κ2) is 4.33. The number of fused-ring (bicyclic) bond motifs is 1. The Morgan fingerprint density at radius 1 is 1.00 bits per heavy atom. The first-order valence-corrected chi connectivity index (χ1v) is 9.09. The van der Waals surface area contributed by atoms with E-state index in [9.17, 15) is 20.1 Å². The van der Waals surface area contributed by atoms with Crippen LogP contribution in [0.2, 0.25) is 0 Å². The quantitative estimate of drug-likeness (QED) is 0.577. The van der Waals surface area contributed by atoms with Crippen molar-refractivity contribution < 1.29 is 39.1 Å². The number of rotatable bonds is 0. The molecule has 3 heterocycles. The number of carbonyl (C=O) groups excluding carboxylic acids is 1. The first-order valence-electron chi connectivity index (χ1n) is 9.09. The van der Waals surface area contributed by atoms with Gasteiger partial charge in [0.2, 0.25) is 0 Å². The Labute approximate surface area is 157 Å². The van der Waals surface area contributed by atoms with E-state index >= 15 is 0 Å². The molecule has 0 radical (unpaired) electrons. The molecule has 1 saturated heterocycles. The second-order valence-corrected chi connectivity index (χ2v) is 7.80. The molecule has 3 N–H and O–H groups in total. The van der Waals surface area contributed by atoms with E-state index in [4.69, 9.17) is 18.9 Å². The molecule has 2 aliphatic carbocycles. The summed E-state index contributed by atoms with van der Waals surface area (Å²) >= 11 is 0. The van der Waals surface area contributed by atoms with Gasteiger partial charge in [-0.05, 0) is 18.2 Å². The summed E-state index contributed by atoms with van der Waals surface area (Å²) < 4.78 is 24.5. The van der Waals surface area contributed by atoms with Gasteiger partial charge in [0, 0.05) is 17.5 Å². The van der Waals surface area contributed by atoms with Crippen LogP contribution in [0.25, 0.3) is 0 Å². The number of phenols is 1. The lowest BCUT2D eigenvalue weighted by atomic mass is 9.77. The van der Waals surface area contributed by atoms with Crippen LogP contribution in [0.5, 0.6) is 17.2 Å². The van der Waals surface area contributed by atoms with E-state index in [1.54, 1.807) is 24.3 Å². The highest BCUT2D eigenvalue weighted by molar-refractivity contribution is 6.00. The monoisotopic (exact) mass is 382 g/mol. The topological polar surface area (TPSA) is 118 Å². The van der Waals surface area contributed by atoms with Gasteiger partial charge in [-0.15, -0.1) is 0 Å². The molecule has 3 aliphatic heterocycles. The number of phenolic OH excluding ortho intramolecular Hbond substituents is 1. The zero-order valence-corrected chi connectivity index (χ0v) is 14.3. The van der Waals surface area contributed by atoms with Gasteiger partial charge in [0.25, 0.3) is 11.6 Å². The van der Waals surface area contributed by atoms with Gasteiger partial charge in [0.05, 0.1) is 11.1 Å². The maximum atomic E-state index is 12.5. The van der Waals surface area contributed by atoms with E-state index in [1.165, 1.54) is 6.07 Å². The third kappa shape index (κ3) is 1.43. The number of Topliss-reactive ketones (excluding diaryl/α,β-unsaturated/α-hetero) is 1. The fourth-order valence-corrected chi connectivity index (χ4v) is 5.15. The fourth-order valence-electron chi connectivity index (χ4n) is 5.15. The zero-order chi connectivity index (χ0) is 19.0. The molecule has 0 unspecified atom stereocenters. The molecule has 7 rings (SSSR count). The summed E-state index contributed by atoms with van der Waals surface area (Å²) in [6.07, 6.45) is -3.73. The van der Waals surface area contributed by atoms with Crippen molar-refractivity contribution in [2.75, 3.05) is 0 Å². The summed E-state index contributed by atoms with van der Waals surface area (Å²) in [6.45, 7) is 0. The lowest BCUT2D eigenvalue weighted by Gasteiger charge is -2.55. The van der Waals surface area contributed by atoms with Crippen LogP contribution in [0.1, 0.15) is 39.6 Å². The Kier molecular flexibility index (Phi) is 2.37. The van der Waals surface area contributed by atoms with Gasteiger partial charge in [0.15, 0.2) is 11.9 Å². The van der Waals surface area contributed by atoms with Gasteiger partial charge in [-0.25, -0.2) is 0 Å². The normalized spacial score (nSPS) is 40.4. The zero-order valence-electron chi connectivity index (χ0n) is 14.3. The van der Waals surface area contributed by atoms with Crippen molar-refractivity contribution >= 4 is 5.78 Å². The van der Waals surface area contributed by atoms with E-state index in [1.807, 2.05) is 0 Å². The van der Waals surface area contributed by atoms with Gasteiger partial charge >= 0.3 is 0 Å². The minimum Gasteiger partial charge on any atom is -0.508 e. The minimum atomic E-state index is -1.64. The Hall–Kier alpha value is -2.65. The standard InChI is InChI=1S/C20H14O8/c21-8-4-5-11-15-13(8)16(24)17-18(25-17)20(15)27-10-3-1-2-7-9(22)6-12(23)19(26-11,28-20)14(7)10/h1-5,12,16-18,21,23-24H,6H2/t12-,16+,17-,18-,19-,20+/m1/s1. The van der Waals surface area contributed by atoms with Crippen molar-refractivity contribution in [2.24, 2.45) is 0 Å². The average molecular weight is 382 g/mol. The Morgan fingerprint density at radius 3 is 2.64 bits per heavy atom. The summed E-state index contributed by atoms with van der Waals surface area (Å²) in [6, 6.07) is 7.99. The molecule has 1 fully saturated rings. The number of carbonyl (C=O) groups is 1. The molecule has 28 heavy (non-hydrogen) atoms. The smallest absolute Gasteiger partial charge is 0.274 e. The van der Waals surface area contributed by atoms with Crippen molar-refractivity contribution in [2.45, 2.75) is 42.4 Å². The largest absolute Gasteiger partial charge is 0.508 e. The number of benzene rings is 2. The van der Waals surface area contributed by atoms with E-state index < -0.39 is 36.0 Å². The highest BCUT2D eigenvalue weighted by Crippen LogP contribution is 2.66. The van der Waals surface area contributed by atoms with Gasteiger partial charge in [-0.2, -0.15) is 0 Å². The van der Waals surface area contributed by atoms with Crippen molar-refractivity contribution in [3.8, 4) is 17.2 Å². The molecule has 2 spiro atoms. The fraction of sp³-hybridized carbons (Fsp3) is 0.350. The van der Waals surface area contributed by atoms with Gasteiger partial charge < -0.3 is 29.5 Å². The number of aliphatic hydroxyl groups excluding tert-OH is 2. The first-order chi connectivity index (χ1) is 13.5. The third-order valence-electron chi connectivity index (χ3n) is 6.36. The van der Waals surface area contributed by atoms with Gasteiger partial charge in [0.1, 0.15) is 35.6 Å². The van der Waals surface area contributed by atoms with Gasteiger partial charge in [-0.1, -0.05) is 12.1 Å². The number of aliphatic hydroxyl groups is 2. The Bertz CT molecular complexity index is 1110. The predicted molar refractivity (Wildman–Crippen MR) is 88.8 cm³/mol. The molecular formula is C20H14O8. The predicted octanol–water partition coefficient (Wildman–Crippen LogP) is 0.961. The molecule has 0 amide bonds. The lowest BCUT2D eigenvalue weighted by molar-refractivity contribution is -0.389. The SMILES string of the molecule is O=C1C[C@@H](O)[C@]23Oc4ccc(O)c5c4[C@](Oc4cccc1c42)(O3)[C@@H]1O[C@@H]1[C@H]5O. The number of ether oxygens (including phenoxy) is 4. The van der Waals surface area contributed by atoms with Crippen LogP contribution in [-0.2, 0) is 21.0 Å². The van der Waals surface area contributed by atoms with Crippen molar-refractivity contribution in [3.63, 3.8) is 0 Å². The van der Waals surface area contributed by atoms with E-state index in [0.29, 0.717) is 28.2 Å². The highest BCUT2D eigenvalue weighted by atomic mass is 16.8. The van der Waals surface area contributed by atoms with Crippen molar-refractivity contribution in [3.05, 3.63) is 52.6 Å². The highest BCUT2D eigenvalue weighted by Gasteiger charge is 2.75. The van der Waals surface area contributed by atoms with Crippen LogP contribution in [0.15, 0.2) is 30.3 Å². The number of hydrogen-bond donors (Lipinski definition) is 3. The maximum Gasteiger partial charge on any atom is 0.274 e. The van der Waals surface area contributed by atoms with Crippen LogP contribution >= 0.6 is 0 Å². The molecule has 8 nitrogen and oxygen atoms in total. The molecule has 142 valence electrons. The van der Waals surface area contributed by atoms with Crippen LogP contribution in [0.4, 0.5) is 0 Å². The van der Waals surface area contributed by atoms with E-state index in [0.717, 1.165) is 0 Å². The summed E-state index contributed by atoms with van der Waals surface area (Å²) in [5.74, 6) is -2.83. The number of ketones is 1. The van der Waals surface area contributed by atoms with Crippen LogP contribution in [0.3, 0.4) is 0 Å². The molecule has 2 aromatic carbocycles. The lowest BCUT2D eigenvalue weighted by Crippen LogP contribution is -2.65. The van der Waals surface area contributed by atoms with E-state index in [2.05, 4.69) is 0 Å². The van der Waals surface area contributed by atoms with E-state index in [-0.39, 0.29) is 23.5 Å². The Balaban J connectivity index is 1.60. The van der Waals surface area contributed by atoms with Crippen LogP contribution < -0.4 is 9.47 Å². The summed E-state index contributed by atoms with van der Waals surface area (Å²) in [4.78, 5) is 12.5. The number of hydrogen-bond acceptors (Lipinski definition) is 8. The molecule has 0 aromatic heterocycles. The third-order valence-corrected chi connectivity index (χ3v) is 6.36. The number of epoxide rings is 1. The molecule has 2 bridgehead atoms. The summed E-state index contributed by atoms with van der Waals surface area (Å²) in [5.41, 5.74) is 1.31. The summed E-state index contributed by atoms with van der Waals surface area (Å²) in [7, 11) is 0. The molecule has 5 aliphatic rings. The summed E-state index contributed by atoms with van der Waals surface area (Å²) in [5, 5.41) is 31.9. The second-order valence-electron chi connectivity index (χ2n) is 7.80. The molecule has 6 atom stereocenters. The molecule has 0 saturated carbocycles. The van der Waals surface area contributed by atoms with Gasteiger partial charge in [-0.3, -0.25) is 9.53 Å². The molecular weight excluding hydrogens is 368 g/mol.